The standard InChI is InChI=1S/C25H34ClN8O5P/c1-14-11-18(12-37-40(32-25(2,3)23(35)36-4)39-17-9-5-15(26)6-10-17)38-22(14)33-13-29-19-20(33)30-24(27)31-21(19)34(28)16-7-8-16/h5-6,9-10,13-14,16,18,22,32H,7-8,11-12,28H2,1-4H3,(H2,27,30,31). The van der Waals surface area contributed by atoms with Gasteiger partial charge in [-0.1, -0.05) is 18.5 Å². The molecule has 40 heavy (non-hydrogen) atoms. The number of nitrogens with zero attached hydrogens (tertiary/aromatic N) is 5. The molecule has 4 unspecified atom stereocenters. The Morgan fingerprint density at radius 3 is 2.70 bits per heavy atom. The van der Waals surface area contributed by atoms with Crippen molar-refractivity contribution in [1.29, 1.82) is 0 Å². The first kappa shape index (κ1) is 28.7. The third kappa shape index (κ3) is 6.24. The number of hydrazine groups is 1. The van der Waals surface area contributed by atoms with E-state index >= 15 is 0 Å². The zero-order valence-corrected chi connectivity index (χ0v) is 24.4. The summed E-state index contributed by atoms with van der Waals surface area (Å²) in [6.45, 7) is 5.71. The molecule has 5 N–H and O–H groups in total. The highest BCUT2D eigenvalue weighted by atomic mass is 35.5. The molecule has 1 aliphatic carbocycles. The second kappa shape index (κ2) is 11.6. The Morgan fingerprint density at radius 2 is 2.02 bits per heavy atom. The third-order valence-electron chi connectivity index (χ3n) is 6.78. The van der Waals surface area contributed by atoms with E-state index < -0.39 is 20.0 Å². The molecule has 13 nitrogen and oxygen atoms in total. The second-order valence-electron chi connectivity index (χ2n) is 10.6. The van der Waals surface area contributed by atoms with Crippen molar-refractivity contribution >= 4 is 49.0 Å². The number of hydrogen-bond donors (Lipinski definition) is 3. The Hall–Kier alpha value is -2.80. The van der Waals surface area contributed by atoms with Gasteiger partial charge in [0, 0.05) is 17.0 Å². The predicted molar refractivity (Wildman–Crippen MR) is 151 cm³/mol. The zero-order chi connectivity index (χ0) is 28.6. The number of halogens is 1. The van der Waals surface area contributed by atoms with E-state index in [9.17, 15) is 4.79 Å². The van der Waals surface area contributed by atoms with Crippen LogP contribution in [-0.2, 0) is 18.8 Å². The molecule has 0 radical (unpaired) electrons. The molecule has 3 aromatic rings. The summed E-state index contributed by atoms with van der Waals surface area (Å²) < 4.78 is 25.4. The number of nitrogens with two attached hydrogens (primary N) is 2. The van der Waals surface area contributed by atoms with Crippen LogP contribution < -0.4 is 26.2 Å². The summed E-state index contributed by atoms with van der Waals surface area (Å²) in [6, 6.07) is 7.13. The Balaban J connectivity index is 1.30. The van der Waals surface area contributed by atoms with Crippen LogP contribution >= 0.6 is 20.1 Å². The van der Waals surface area contributed by atoms with Crippen LogP contribution in [0.25, 0.3) is 11.2 Å². The van der Waals surface area contributed by atoms with Crippen LogP contribution in [0.4, 0.5) is 11.8 Å². The molecule has 0 spiro atoms. The van der Waals surface area contributed by atoms with Crippen LogP contribution in [0.1, 0.15) is 46.3 Å². The van der Waals surface area contributed by atoms with E-state index in [1.807, 2.05) is 4.57 Å². The predicted octanol–water partition coefficient (Wildman–Crippen LogP) is 3.69. The number of aromatic nitrogens is 4. The Bertz CT molecular complexity index is 1350. The van der Waals surface area contributed by atoms with Gasteiger partial charge in [-0.05, 0) is 57.4 Å². The van der Waals surface area contributed by atoms with E-state index in [-0.39, 0.29) is 36.8 Å². The number of nitrogens with one attached hydrogen (secondary N) is 1. The van der Waals surface area contributed by atoms with E-state index in [0.29, 0.717) is 34.2 Å². The van der Waals surface area contributed by atoms with Gasteiger partial charge in [0.25, 0.3) is 0 Å². The zero-order valence-electron chi connectivity index (χ0n) is 22.8. The molecular formula is C25H34ClN8O5P. The molecule has 0 bridgehead atoms. The molecule has 5 rings (SSSR count). The summed E-state index contributed by atoms with van der Waals surface area (Å²) in [4.78, 5) is 25.7. The SMILES string of the molecule is COC(=O)C(C)(C)NP(OCC1CC(C)C(n2cnc3c(N(N)C4CC4)nc(N)nc32)O1)Oc1ccc(Cl)cc1. The molecule has 2 aliphatic rings. The van der Waals surface area contributed by atoms with Gasteiger partial charge in [0.2, 0.25) is 5.95 Å². The lowest BCUT2D eigenvalue weighted by molar-refractivity contribution is -0.146. The van der Waals surface area contributed by atoms with E-state index in [2.05, 4.69) is 27.0 Å². The molecule has 0 amide bonds. The summed E-state index contributed by atoms with van der Waals surface area (Å²) in [6.07, 6.45) is 3.80. The summed E-state index contributed by atoms with van der Waals surface area (Å²) >= 11 is 6.01. The molecule has 15 heteroatoms. The quantitative estimate of drug-likeness (QED) is 0.128. The molecule has 2 fully saturated rings. The molecule has 2 aromatic heterocycles. The van der Waals surface area contributed by atoms with Crippen LogP contribution in [0.3, 0.4) is 0 Å². The minimum Gasteiger partial charge on any atom is -0.468 e. The minimum atomic E-state index is -1.76. The van der Waals surface area contributed by atoms with Crippen LogP contribution in [0.15, 0.2) is 30.6 Å². The maximum Gasteiger partial charge on any atom is 0.325 e. The van der Waals surface area contributed by atoms with E-state index in [4.69, 9.17) is 41.7 Å². The van der Waals surface area contributed by atoms with Crippen LogP contribution in [0.2, 0.25) is 5.02 Å². The van der Waals surface area contributed by atoms with Crippen molar-refractivity contribution in [2.75, 3.05) is 24.5 Å². The molecule has 1 aromatic carbocycles. The van der Waals surface area contributed by atoms with Gasteiger partial charge in [-0.15, -0.1) is 0 Å². The van der Waals surface area contributed by atoms with Crippen molar-refractivity contribution in [2.45, 2.75) is 63.9 Å². The number of carbonyl (C=O) groups excluding carboxylic acids is 1. The van der Waals surface area contributed by atoms with Gasteiger partial charge in [0.05, 0.1) is 26.1 Å². The average Bonchev–Trinajstić information content (AvgIpc) is 3.59. The molecule has 4 atom stereocenters. The minimum absolute atomic E-state index is 0.117. The van der Waals surface area contributed by atoms with Gasteiger partial charge in [-0.25, -0.2) is 15.9 Å². The monoisotopic (exact) mass is 592 g/mol. The molecule has 1 aliphatic heterocycles. The Morgan fingerprint density at radius 1 is 1.30 bits per heavy atom. The van der Waals surface area contributed by atoms with Gasteiger partial charge in [0.1, 0.15) is 17.5 Å². The van der Waals surface area contributed by atoms with Crippen molar-refractivity contribution in [3.05, 3.63) is 35.6 Å². The van der Waals surface area contributed by atoms with Crippen LogP contribution in [0, 0.1) is 5.92 Å². The number of ether oxygens (including phenoxy) is 2. The Kier molecular flexibility index (Phi) is 8.32. The van der Waals surface area contributed by atoms with Crippen molar-refractivity contribution in [2.24, 2.45) is 11.8 Å². The number of hydrogen-bond acceptors (Lipinski definition) is 12. The van der Waals surface area contributed by atoms with Gasteiger partial charge >= 0.3 is 14.5 Å². The van der Waals surface area contributed by atoms with Crippen LogP contribution in [-0.4, -0.2) is 56.9 Å². The molecule has 1 saturated carbocycles. The molecular weight excluding hydrogens is 559 g/mol. The summed E-state index contributed by atoms with van der Waals surface area (Å²) in [5, 5.41) is 5.34. The highest BCUT2D eigenvalue weighted by molar-refractivity contribution is 7.45. The number of esters is 1. The fraction of sp³-hybridized carbons (Fsp3) is 0.520. The van der Waals surface area contributed by atoms with Gasteiger partial charge in [-0.2, -0.15) is 9.97 Å². The highest BCUT2D eigenvalue weighted by Crippen LogP contribution is 2.42. The van der Waals surface area contributed by atoms with E-state index in [1.165, 1.54) is 7.11 Å². The first-order chi connectivity index (χ1) is 19.1. The van der Waals surface area contributed by atoms with Crippen molar-refractivity contribution < 1.29 is 23.3 Å². The normalized spacial score (nSPS) is 21.9. The lowest BCUT2D eigenvalue weighted by Crippen LogP contribution is -2.45. The molecule has 1 saturated heterocycles. The highest BCUT2D eigenvalue weighted by Gasteiger charge is 2.38. The number of benzene rings is 1. The average molecular weight is 593 g/mol. The lowest BCUT2D eigenvalue weighted by Gasteiger charge is -2.28. The summed E-state index contributed by atoms with van der Waals surface area (Å²) in [5.74, 6) is 7.13. The van der Waals surface area contributed by atoms with Gasteiger partial charge in [0.15, 0.2) is 17.0 Å². The van der Waals surface area contributed by atoms with E-state index in [0.717, 1.165) is 12.8 Å². The fourth-order valence-corrected chi connectivity index (χ4v) is 5.98. The number of carbonyl (C=O) groups is 1. The topological polar surface area (TPSA) is 165 Å². The maximum atomic E-state index is 12.3. The summed E-state index contributed by atoms with van der Waals surface area (Å²) in [7, 11) is -0.422. The number of rotatable bonds is 11. The largest absolute Gasteiger partial charge is 0.468 e. The third-order valence-corrected chi connectivity index (χ3v) is 8.53. The van der Waals surface area contributed by atoms with Gasteiger partial charge < -0.3 is 24.3 Å². The summed E-state index contributed by atoms with van der Waals surface area (Å²) in [5.41, 5.74) is 6.13. The number of anilines is 2. The van der Waals surface area contributed by atoms with Crippen molar-refractivity contribution in [3.8, 4) is 5.75 Å². The Labute approximate surface area is 238 Å². The van der Waals surface area contributed by atoms with Crippen LogP contribution in [0.5, 0.6) is 5.75 Å². The first-order valence-corrected chi connectivity index (χ1v) is 14.5. The maximum absolute atomic E-state index is 12.3. The smallest absolute Gasteiger partial charge is 0.325 e. The number of nitrogen functional groups attached to an aromatic ring is 1. The number of methoxy groups -OCH3 is 1. The van der Waals surface area contributed by atoms with Gasteiger partial charge in [-0.3, -0.25) is 14.4 Å². The second-order valence-corrected chi connectivity index (χ2v) is 12.2. The number of imidazole rings is 1. The van der Waals surface area contributed by atoms with Crippen molar-refractivity contribution in [1.82, 2.24) is 24.6 Å². The molecule has 216 valence electrons. The van der Waals surface area contributed by atoms with Crippen molar-refractivity contribution in [3.63, 3.8) is 0 Å². The lowest BCUT2D eigenvalue weighted by atomic mass is 10.1. The fourth-order valence-electron chi connectivity index (χ4n) is 4.53. The molecule has 3 heterocycles. The van der Waals surface area contributed by atoms with E-state index in [1.54, 1.807) is 49.4 Å². The number of fused-ring (bicyclic) bond motifs is 1. The first-order valence-electron chi connectivity index (χ1n) is 13.0.